The molecular weight excluding hydrogens is 308 g/mol. The SMILES string of the molecule is O=C(O)c1cnc(CN2CCC3(CC2)CC(NC2CC2)CO3)cn1. The zero-order valence-electron chi connectivity index (χ0n) is 13.8. The van der Waals surface area contributed by atoms with Gasteiger partial charge in [-0.2, -0.15) is 0 Å². The standard InChI is InChI=1S/C17H24N4O3/c22-16(23)15-9-18-14(8-19-15)10-21-5-3-17(4-6-21)7-13(11-24-17)20-12-1-2-12/h8-9,12-13,20H,1-7,10-11H2,(H,22,23). The van der Waals surface area contributed by atoms with Crippen LogP contribution >= 0.6 is 0 Å². The van der Waals surface area contributed by atoms with E-state index < -0.39 is 5.97 Å². The molecule has 0 amide bonds. The lowest BCUT2D eigenvalue weighted by Gasteiger charge is -2.38. The van der Waals surface area contributed by atoms with Crippen molar-refractivity contribution in [2.45, 2.75) is 56.3 Å². The van der Waals surface area contributed by atoms with Gasteiger partial charge in [0, 0.05) is 31.7 Å². The van der Waals surface area contributed by atoms with Gasteiger partial charge in [-0.05, 0) is 32.1 Å². The minimum atomic E-state index is -1.04. The number of rotatable bonds is 5. The highest BCUT2D eigenvalue weighted by Crippen LogP contribution is 2.37. The molecule has 2 saturated heterocycles. The summed E-state index contributed by atoms with van der Waals surface area (Å²) in [6.45, 7) is 3.53. The van der Waals surface area contributed by atoms with Crippen molar-refractivity contribution in [2.75, 3.05) is 19.7 Å². The molecule has 1 aromatic heterocycles. The maximum atomic E-state index is 10.8. The lowest BCUT2D eigenvalue weighted by atomic mass is 9.87. The molecule has 3 heterocycles. The first-order valence-electron chi connectivity index (χ1n) is 8.78. The monoisotopic (exact) mass is 332 g/mol. The maximum Gasteiger partial charge on any atom is 0.356 e. The van der Waals surface area contributed by atoms with Gasteiger partial charge < -0.3 is 15.2 Å². The summed E-state index contributed by atoms with van der Waals surface area (Å²) in [4.78, 5) is 21.3. The van der Waals surface area contributed by atoms with Crippen molar-refractivity contribution < 1.29 is 14.6 Å². The first-order chi connectivity index (χ1) is 11.6. The summed E-state index contributed by atoms with van der Waals surface area (Å²) in [6, 6.07) is 1.26. The Morgan fingerprint density at radius 3 is 2.71 bits per heavy atom. The fraction of sp³-hybridized carbons (Fsp3) is 0.706. The number of likely N-dealkylation sites (tertiary alicyclic amines) is 1. The van der Waals surface area contributed by atoms with Gasteiger partial charge in [0.25, 0.3) is 0 Å². The average Bonchev–Trinajstić information content (AvgIpc) is 3.31. The maximum absolute atomic E-state index is 10.8. The third-order valence-electron chi connectivity index (χ3n) is 5.34. The quantitative estimate of drug-likeness (QED) is 0.833. The summed E-state index contributed by atoms with van der Waals surface area (Å²) in [5.74, 6) is -1.04. The van der Waals surface area contributed by atoms with Crippen LogP contribution < -0.4 is 5.32 Å². The number of aromatic carboxylic acids is 1. The Kier molecular flexibility index (Phi) is 4.24. The number of carboxylic acids is 1. The minimum absolute atomic E-state index is 0.00935. The molecule has 1 unspecified atom stereocenters. The third-order valence-corrected chi connectivity index (χ3v) is 5.34. The Hall–Kier alpha value is -1.57. The molecule has 0 aromatic carbocycles. The van der Waals surface area contributed by atoms with Crippen molar-refractivity contribution in [1.29, 1.82) is 0 Å². The third kappa shape index (κ3) is 3.58. The molecule has 1 saturated carbocycles. The van der Waals surface area contributed by atoms with Crippen LogP contribution in [0.5, 0.6) is 0 Å². The van der Waals surface area contributed by atoms with Crippen molar-refractivity contribution in [3.8, 4) is 0 Å². The van der Waals surface area contributed by atoms with Crippen LogP contribution in [0.1, 0.15) is 48.3 Å². The molecule has 1 aromatic rings. The van der Waals surface area contributed by atoms with Crippen LogP contribution in [-0.4, -0.2) is 63.3 Å². The lowest BCUT2D eigenvalue weighted by molar-refractivity contribution is -0.0451. The molecule has 130 valence electrons. The van der Waals surface area contributed by atoms with Crippen molar-refractivity contribution >= 4 is 5.97 Å². The number of nitrogens with zero attached hydrogens (tertiary/aromatic N) is 3. The van der Waals surface area contributed by atoms with Crippen LogP contribution in [-0.2, 0) is 11.3 Å². The van der Waals surface area contributed by atoms with Crippen LogP contribution in [0, 0.1) is 0 Å². The van der Waals surface area contributed by atoms with Crippen LogP contribution in [0.25, 0.3) is 0 Å². The van der Waals surface area contributed by atoms with Gasteiger partial charge in [-0.1, -0.05) is 0 Å². The number of piperidine rings is 1. The summed E-state index contributed by atoms with van der Waals surface area (Å²) < 4.78 is 6.18. The molecule has 0 radical (unpaired) electrons. The fourth-order valence-electron chi connectivity index (χ4n) is 3.78. The highest BCUT2D eigenvalue weighted by molar-refractivity contribution is 5.84. The largest absolute Gasteiger partial charge is 0.476 e. The number of hydrogen-bond donors (Lipinski definition) is 2. The first kappa shape index (κ1) is 15.9. The van der Waals surface area contributed by atoms with Crippen LogP contribution in [0.4, 0.5) is 0 Å². The number of carboxylic acid groups (broad SMARTS) is 1. The topological polar surface area (TPSA) is 87.6 Å². The molecule has 7 heteroatoms. The van der Waals surface area contributed by atoms with E-state index >= 15 is 0 Å². The second-order valence-corrected chi connectivity index (χ2v) is 7.31. The molecule has 1 spiro atoms. The van der Waals surface area contributed by atoms with Gasteiger partial charge in [0.1, 0.15) is 0 Å². The molecule has 1 atom stereocenters. The van der Waals surface area contributed by atoms with Gasteiger partial charge >= 0.3 is 5.97 Å². The zero-order chi connectivity index (χ0) is 16.6. The van der Waals surface area contributed by atoms with Crippen LogP contribution in [0.3, 0.4) is 0 Å². The van der Waals surface area contributed by atoms with Gasteiger partial charge in [0.15, 0.2) is 5.69 Å². The van der Waals surface area contributed by atoms with Crippen LogP contribution in [0.15, 0.2) is 12.4 Å². The van der Waals surface area contributed by atoms with Gasteiger partial charge in [-0.25, -0.2) is 9.78 Å². The predicted octanol–water partition coefficient (Wildman–Crippen LogP) is 1.05. The number of hydrogen-bond acceptors (Lipinski definition) is 6. The molecule has 4 rings (SSSR count). The Balaban J connectivity index is 1.27. The molecule has 2 aliphatic heterocycles. The number of carbonyl (C=O) groups is 1. The van der Waals surface area contributed by atoms with Crippen molar-refractivity contribution in [3.63, 3.8) is 0 Å². The molecule has 3 aliphatic rings. The molecule has 24 heavy (non-hydrogen) atoms. The van der Waals surface area contributed by atoms with E-state index in [0.29, 0.717) is 12.6 Å². The molecule has 7 nitrogen and oxygen atoms in total. The number of ether oxygens (including phenoxy) is 1. The Morgan fingerprint density at radius 2 is 2.08 bits per heavy atom. The normalized spacial score (nSPS) is 26.8. The van der Waals surface area contributed by atoms with E-state index in [2.05, 4.69) is 20.2 Å². The van der Waals surface area contributed by atoms with Crippen molar-refractivity contribution in [1.82, 2.24) is 20.2 Å². The molecule has 0 bridgehead atoms. The minimum Gasteiger partial charge on any atom is -0.476 e. The van der Waals surface area contributed by atoms with Crippen LogP contribution in [0.2, 0.25) is 0 Å². The summed E-state index contributed by atoms with van der Waals surface area (Å²) in [7, 11) is 0. The number of aromatic nitrogens is 2. The van der Waals surface area contributed by atoms with Gasteiger partial charge in [0.2, 0.25) is 0 Å². The summed E-state index contributed by atoms with van der Waals surface area (Å²) in [6.07, 6.45) is 8.77. The lowest BCUT2D eigenvalue weighted by Crippen LogP contribution is -2.44. The predicted molar refractivity (Wildman–Crippen MR) is 86.7 cm³/mol. The van der Waals surface area contributed by atoms with E-state index in [1.807, 2.05) is 0 Å². The molecule has 1 aliphatic carbocycles. The highest BCUT2D eigenvalue weighted by Gasteiger charge is 2.43. The van der Waals surface area contributed by atoms with E-state index in [1.54, 1.807) is 6.20 Å². The van der Waals surface area contributed by atoms with Crippen molar-refractivity contribution in [2.24, 2.45) is 0 Å². The fourth-order valence-corrected chi connectivity index (χ4v) is 3.78. The highest BCUT2D eigenvalue weighted by atomic mass is 16.5. The van der Waals surface area contributed by atoms with E-state index in [-0.39, 0.29) is 11.3 Å². The average molecular weight is 332 g/mol. The Labute approximate surface area is 141 Å². The number of nitrogens with one attached hydrogen (secondary N) is 1. The Morgan fingerprint density at radius 1 is 1.29 bits per heavy atom. The van der Waals surface area contributed by atoms with Gasteiger partial charge in [0.05, 0.1) is 30.3 Å². The van der Waals surface area contributed by atoms with Gasteiger partial charge in [-0.15, -0.1) is 0 Å². The molecular formula is C17H24N4O3. The first-order valence-corrected chi connectivity index (χ1v) is 8.78. The molecule has 2 N–H and O–H groups in total. The van der Waals surface area contributed by atoms with E-state index in [0.717, 1.165) is 50.7 Å². The van der Waals surface area contributed by atoms with Crippen molar-refractivity contribution in [3.05, 3.63) is 23.8 Å². The smallest absolute Gasteiger partial charge is 0.356 e. The zero-order valence-corrected chi connectivity index (χ0v) is 13.8. The molecule has 3 fully saturated rings. The van der Waals surface area contributed by atoms with E-state index in [9.17, 15) is 4.79 Å². The van der Waals surface area contributed by atoms with E-state index in [1.165, 1.54) is 19.0 Å². The second kappa shape index (κ2) is 6.38. The van der Waals surface area contributed by atoms with E-state index in [4.69, 9.17) is 9.84 Å². The second-order valence-electron chi connectivity index (χ2n) is 7.31. The summed E-state index contributed by atoms with van der Waals surface area (Å²) >= 11 is 0. The summed E-state index contributed by atoms with van der Waals surface area (Å²) in [5.41, 5.74) is 0.864. The van der Waals surface area contributed by atoms with Gasteiger partial charge in [-0.3, -0.25) is 9.88 Å². The summed E-state index contributed by atoms with van der Waals surface area (Å²) in [5, 5.41) is 12.5. The Bertz CT molecular complexity index is 594.